The van der Waals surface area contributed by atoms with Gasteiger partial charge in [-0.15, -0.1) is 0 Å². The smallest absolute Gasteiger partial charge is 0.305 e. The molecule has 0 aliphatic carbocycles. The first-order chi connectivity index (χ1) is 24.2. The van der Waals surface area contributed by atoms with Crippen molar-refractivity contribution in [1.29, 1.82) is 0 Å². The van der Waals surface area contributed by atoms with Gasteiger partial charge >= 0.3 is 11.9 Å². The Morgan fingerprint density at radius 3 is 0.528 bits per heavy atom. The van der Waals surface area contributed by atoms with Crippen molar-refractivity contribution in [3.05, 3.63) is 0 Å². The van der Waals surface area contributed by atoms with Crippen molar-refractivity contribution in [2.75, 3.05) is 0 Å². The van der Waals surface area contributed by atoms with E-state index in [1.54, 1.807) is 6.92 Å². The lowest BCUT2D eigenvalue weighted by atomic mass is 10.1. The third-order valence-electron chi connectivity index (χ3n) is 10.0. The number of aliphatic hydroxyl groups excluding tert-OH is 2. The van der Waals surface area contributed by atoms with Crippen LogP contribution in [0.25, 0.3) is 0 Å². The van der Waals surface area contributed by atoms with Gasteiger partial charge in [-0.05, 0) is 54.8 Å². The van der Waals surface area contributed by atoms with Crippen LogP contribution in [0.3, 0.4) is 0 Å². The van der Waals surface area contributed by atoms with Crippen LogP contribution in [0.1, 0.15) is 249 Å². The third-order valence-corrected chi connectivity index (χ3v) is 10.0. The Morgan fingerprint density at radius 1 is 0.321 bits per heavy atom. The minimum atomic E-state index is -0.945. The van der Waals surface area contributed by atoms with Crippen molar-refractivity contribution in [3.63, 3.8) is 0 Å². The molecule has 0 aromatic heterocycles. The van der Waals surface area contributed by atoms with E-state index in [2.05, 4.69) is 104 Å². The van der Waals surface area contributed by atoms with Gasteiger partial charge < -0.3 is 20.4 Å². The average Bonchev–Trinajstić information content (AvgIpc) is 3.16. The minimum Gasteiger partial charge on any atom is -0.481 e. The molecule has 0 saturated heterocycles. The predicted molar refractivity (Wildman–Crippen MR) is 242 cm³/mol. The normalized spacial score (nSPS) is 10.8. The summed E-state index contributed by atoms with van der Waals surface area (Å²) in [5, 5.41) is 33.6. The summed E-state index contributed by atoms with van der Waals surface area (Å²) in [6.45, 7) is 43.3. The van der Waals surface area contributed by atoms with Crippen LogP contribution in [0.4, 0.5) is 0 Å². The summed E-state index contributed by atoms with van der Waals surface area (Å²) < 4.78 is 0. The zero-order valence-corrected chi connectivity index (χ0v) is 39.5. The highest BCUT2D eigenvalue weighted by Crippen LogP contribution is 2.06. The third kappa shape index (κ3) is 99.9. The highest BCUT2D eigenvalue weighted by molar-refractivity contribution is 5.67. The second-order valence-electron chi connectivity index (χ2n) is 14.8. The Labute approximate surface area is 337 Å². The molecule has 6 nitrogen and oxygen atoms in total. The maximum atomic E-state index is 9.97. The van der Waals surface area contributed by atoms with E-state index in [4.69, 9.17) is 20.4 Å². The number of aliphatic hydroxyl groups is 2. The Balaban J connectivity index is -0.0000000597. The number of rotatable bonds is 18. The number of carbonyl (C=O) groups is 2. The van der Waals surface area contributed by atoms with Crippen LogP contribution in [0, 0.1) is 35.5 Å². The first-order valence-corrected chi connectivity index (χ1v) is 22.0. The molecule has 0 heterocycles. The molecule has 0 amide bonds. The molecule has 332 valence electrons. The topological polar surface area (TPSA) is 115 Å². The lowest BCUT2D eigenvalue weighted by Gasteiger charge is -2.00. The van der Waals surface area contributed by atoms with Crippen molar-refractivity contribution in [1.82, 2.24) is 0 Å². The minimum absolute atomic E-state index is 0. The van der Waals surface area contributed by atoms with E-state index in [0.717, 1.165) is 48.9 Å². The van der Waals surface area contributed by atoms with Gasteiger partial charge in [0.1, 0.15) is 0 Å². The van der Waals surface area contributed by atoms with Gasteiger partial charge in [0.2, 0.25) is 0 Å². The summed E-state index contributed by atoms with van der Waals surface area (Å²) >= 11 is 0. The molecule has 0 spiro atoms. The lowest BCUT2D eigenvalue weighted by Crippen LogP contribution is -2.10. The highest BCUT2D eigenvalue weighted by atomic mass is 16.4. The van der Waals surface area contributed by atoms with E-state index in [0.29, 0.717) is 18.8 Å². The fraction of sp³-hybridized carbons (Fsp3) is 0.957. The van der Waals surface area contributed by atoms with Gasteiger partial charge in [0.05, 0.1) is 18.6 Å². The largest absolute Gasteiger partial charge is 0.481 e. The Kier molecular flexibility index (Phi) is 86.6. The molecule has 0 aromatic rings. The number of carboxylic acids is 2. The quantitative estimate of drug-likeness (QED) is 0.110. The van der Waals surface area contributed by atoms with E-state index in [-0.39, 0.29) is 20.0 Å². The Hall–Kier alpha value is -1.14. The summed E-state index contributed by atoms with van der Waals surface area (Å²) in [6.07, 6.45) is 15.9. The molecule has 0 aromatic carbocycles. The SMILES string of the molecule is C.CCC(C)CC.CCC(C)CC.CCC(C)CC.CCC(C)CC.CCC(C)CC.CCC(C)CC(=O)O.CCC(O)CC.CCC(O)CC(=O)O. The van der Waals surface area contributed by atoms with Crippen LogP contribution in [0.15, 0.2) is 0 Å². The van der Waals surface area contributed by atoms with Gasteiger partial charge in [-0.25, -0.2) is 0 Å². The fourth-order valence-electron chi connectivity index (χ4n) is 2.52. The zero-order valence-electron chi connectivity index (χ0n) is 39.5. The van der Waals surface area contributed by atoms with Gasteiger partial charge in [0.15, 0.2) is 0 Å². The predicted octanol–water partition coefficient (Wildman–Crippen LogP) is 15.8. The Morgan fingerprint density at radius 2 is 0.491 bits per heavy atom. The molecular formula is C47H108O6. The summed E-state index contributed by atoms with van der Waals surface area (Å²) in [4.78, 5) is 19.8. The van der Waals surface area contributed by atoms with Crippen molar-refractivity contribution in [2.45, 2.75) is 261 Å². The van der Waals surface area contributed by atoms with E-state index in [1.165, 1.54) is 64.2 Å². The van der Waals surface area contributed by atoms with Gasteiger partial charge in [0.25, 0.3) is 0 Å². The second-order valence-corrected chi connectivity index (χ2v) is 14.8. The van der Waals surface area contributed by atoms with Crippen LogP contribution < -0.4 is 0 Å². The molecule has 0 aliphatic heterocycles. The van der Waals surface area contributed by atoms with Gasteiger partial charge in [-0.1, -0.05) is 217 Å². The molecule has 0 aliphatic rings. The van der Waals surface area contributed by atoms with E-state index in [1.807, 2.05) is 27.7 Å². The first-order valence-electron chi connectivity index (χ1n) is 22.0. The number of hydrogen-bond donors (Lipinski definition) is 4. The Bertz CT molecular complexity index is 488. The van der Waals surface area contributed by atoms with Crippen molar-refractivity contribution < 1.29 is 30.0 Å². The van der Waals surface area contributed by atoms with Crippen LogP contribution in [0.2, 0.25) is 0 Å². The van der Waals surface area contributed by atoms with E-state index < -0.39 is 18.0 Å². The van der Waals surface area contributed by atoms with Gasteiger partial charge in [-0.3, -0.25) is 9.59 Å². The summed E-state index contributed by atoms with van der Waals surface area (Å²) in [7, 11) is 0. The fourth-order valence-corrected chi connectivity index (χ4v) is 2.52. The monoisotopic (exact) mass is 769 g/mol. The molecule has 4 N–H and O–H groups in total. The van der Waals surface area contributed by atoms with E-state index >= 15 is 0 Å². The molecule has 0 fully saturated rings. The molecular weight excluding hydrogens is 661 g/mol. The van der Waals surface area contributed by atoms with E-state index in [9.17, 15) is 9.59 Å². The van der Waals surface area contributed by atoms with Crippen LogP contribution in [-0.4, -0.2) is 44.6 Å². The first kappa shape index (κ1) is 73.0. The molecule has 0 bridgehead atoms. The molecule has 0 saturated carbocycles. The molecule has 2 atom stereocenters. The van der Waals surface area contributed by atoms with Gasteiger partial charge in [-0.2, -0.15) is 0 Å². The van der Waals surface area contributed by atoms with Crippen molar-refractivity contribution in [3.8, 4) is 0 Å². The maximum absolute atomic E-state index is 9.97. The molecule has 2 unspecified atom stereocenters. The maximum Gasteiger partial charge on any atom is 0.305 e. The van der Waals surface area contributed by atoms with Crippen molar-refractivity contribution >= 4 is 11.9 Å². The summed E-state index contributed by atoms with van der Waals surface area (Å²) in [5.41, 5.74) is 0. The number of carboxylic acid groups (broad SMARTS) is 2. The lowest BCUT2D eigenvalue weighted by molar-refractivity contribution is -0.139. The molecule has 6 heteroatoms. The van der Waals surface area contributed by atoms with Crippen molar-refractivity contribution in [2.24, 2.45) is 35.5 Å². The molecule has 53 heavy (non-hydrogen) atoms. The zero-order chi connectivity index (χ0) is 43.1. The van der Waals surface area contributed by atoms with Crippen LogP contribution in [0.5, 0.6) is 0 Å². The number of hydrogen-bond acceptors (Lipinski definition) is 4. The standard InChI is InChI=1S/C6H12O2.5C6H14.C5H10O3.C5H12O.CH4/c1-3-5(2)4-6(7)8;5*1-4-6(3)5-2;1-2-4(6)3-5(7)8;1-3-5(6)4-2;/h5H,3-4H2,1-2H3,(H,7,8);5*6H,4-5H2,1-3H3;4,6H,2-3H2,1H3,(H,7,8);5-6H,3-4H2,1-2H3;1H4. The number of aliphatic carboxylic acids is 2. The summed E-state index contributed by atoms with van der Waals surface area (Å²) in [5.74, 6) is 3.36. The van der Waals surface area contributed by atoms with Crippen LogP contribution >= 0.6 is 0 Å². The highest BCUT2D eigenvalue weighted by Gasteiger charge is 2.05. The molecule has 0 rings (SSSR count). The average molecular weight is 769 g/mol. The van der Waals surface area contributed by atoms with Crippen LogP contribution in [-0.2, 0) is 9.59 Å². The summed E-state index contributed by atoms with van der Waals surface area (Å²) in [6, 6.07) is 0. The second kappa shape index (κ2) is 62.8. The molecule has 0 radical (unpaired) electrons. The van der Waals surface area contributed by atoms with Gasteiger partial charge in [0, 0.05) is 6.42 Å².